The number of methoxy groups -OCH3 is 1. The number of aryl methyl sites for hydroxylation is 1. The number of fused-ring (bicyclic) bond motifs is 1. The van der Waals surface area contributed by atoms with E-state index in [1.54, 1.807) is 11.8 Å². The second-order valence-corrected chi connectivity index (χ2v) is 6.63. The molecule has 0 saturated carbocycles. The zero-order chi connectivity index (χ0) is 18.1. The number of rotatable bonds is 1. The van der Waals surface area contributed by atoms with Crippen LogP contribution in [0.5, 0.6) is 0 Å². The molecule has 1 amide bonds. The minimum atomic E-state index is -0.632. The fraction of sp³-hybridized carbons (Fsp3) is 0.529. The molecule has 7 heteroatoms. The van der Waals surface area contributed by atoms with Crippen LogP contribution in [0.15, 0.2) is 0 Å². The van der Waals surface area contributed by atoms with Gasteiger partial charge in [-0.3, -0.25) is 0 Å². The lowest BCUT2D eigenvalue weighted by molar-refractivity contribution is 0.0222. The van der Waals surface area contributed by atoms with Gasteiger partial charge in [0.05, 0.1) is 19.2 Å². The Balaban J connectivity index is 2.38. The number of aromatic nitrogens is 1. The molecule has 1 aromatic rings. The number of ether oxygens (including phenoxy) is 2. The molecule has 0 N–H and O–H groups in total. The number of carbonyl (C=O) groups excluding carboxylic acids is 2. The molecule has 2 rings (SSSR count). The van der Waals surface area contributed by atoms with Crippen molar-refractivity contribution in [2.45, 2.75) is 46.3 Å². The van der Waals surface area contributed by atoms with Crippen LogP contribution in [0.4, 0.5) is 4.79 Å². The third kappa shape index (κ3) is 3.48. The largest absolute Gasteiger partial charge is 0.464 e. The van der Waals surface area contributed by atoms with Crippen LogP contribution in [0, 0.1) is 18.3 Å². The summed E-state index contributed by atoms with van der Waals surface area (Å²) in [6.45, 7) is 7.91. The van der Waals surface area contributed by atoms with E-state index < -0.39 is 17.7 Å². The molecule has 1 aliphatic rings. The van der Waals surface area contributed by atoms with Gasteiger partial charge in [-0.15, -0.1) is 0 Å². The van der Waals surface area contributed by atoms with Crippen molar-refractivity contribution in [3.63, 3.8) is 0 Å². The van der Waals surface area contributed by atoms with Crippen molar-refractivity contribution in [2.75, 3.05) is 13.7 Å². The fourth-order valence-electron chi connectivity index (χ4n) is 2.65. The molecular formula is C17H21N3O4. The first-order valence-corrected chi connectivity index (χ1v) is 7.66. The maximum Gasteiger partial charge on any atom is 0.410 e. The first-order valence-electron chi connectivity index (χ1n) is 7.66. The lowest BCUT2D eigenvalue weighted by Crippen LogP contribution is -2.40. The summed E-state index contributed by atoms with van der Waals surface area (Å²) in [5, 5.41) is 9.43. The number of hydrogen-bond donors (Lipinski definition) is 0. The maximum absolute atomic E-state index is 12.3. The van der Waals surface area contributed by atoms with E-state index in [1.807, 2.05) is 20.8 Å². The van der Waals surface area contributed by atoms with Gasteiger partial charge in [-0.05, 0) is 45.2 Å². The molecule has 0 spiro atoms. The fourth-order valence-corrected chi connectivity index (χ4v) is 2.65. The van der Waals surface area contributed by atoms with Gasteiger partial charge in [0.2, 0.25) is 0 Å². The number of amides is 1. The summed E-state index contributed by atoms with van der Waals surface area (Å²) in [5.41, 5.74) is 1.84. The highest BCUT2D eigenvalue weighted by molar-refractivity contribution is 5.90. The van der Waals surface area contributed by atoms with E-state index in [1.165, 1.54) is 7.11 Å². The summed E-state index contributed by atoms with van der Waals surface area (Å²) in [6, 6.07) is 2.05. The lowest BCUT2D eigenvalue weighted by Gasteiger charge is -2.32. The number of hydrogen-bond acceptors (Lipinski definition) is 6. The number of nitriles is 1. The van der Waals surface area contributed by atoms with Gasteiger partial charge in [-0.1, -0.05) is 0 Å². The summed E-state index contributed by atoms with van der Waals surface area (Å²) in [5.74, 6) is -0.632. The van der Waals surface area contributed by atoms with Crippen molar-refractivity contribution in [1.82, 2.24) is 9.88 Å². The van der Waals surface area contributed by atoms with E-state index in [9.17, 15) is 14.9 Å². The van der Waals surface area contributed by atoms with Crippen LogP contribution in [-0.2, 0) is 22.4 Å². The zero-order valence-corrected chi connectivity index (χ0v) is 14.6. The smallest absolute Gasteiger partial charge is 0.410 e. The Morgan fingerprint density at radius 2 is 1.96 bits per heavy atom. The summed E-state index contributed by atoms with van der Waals surface area (Å²) in [4.78, 5) is 29.9. The van der Waals surface area contributed by atoms with Crippen molar-refractivity contribution >= 4 is 12.1 Å². The molecule has 0 bridgehead atoms. The van der Waals surface area contributed by atoms with Crippen LogP contribution >= 0.6 is 0 Å². The van der Waals surface area contributed by atoms with Crippen LogP contribution < -0.4 is 0 Å². The van der Waals surface area contributed by atoms with Gasteiger partial charge in [0.25, 0.3) is 0 Å². The van der Waals surface area contributed by atoms with Crippen molar-refractivity contribution in [3.05, 3.63) is 28.1 Å². The van der Waals surface area contributed by atoms with Crippen molar-refractivity contribution < 1.29 is 19.1 Å². The molecule has 0 fully saturated rings. The third-order valence-electron chi connectivity index (χ3n) is 3.74. The minimum Gasteiger partial charge on any atom is -0.464 e. The van der Waals surface area contributed by atoms with Crippen LogP contribution in [-0.4, -0.2) is 41.2 Å². The van der Waals surface area contributed by atoms with Crippen molar-refractivity contribution in [1.29, 1.82) is 5.26 Å². The minimum absolute atomic E-state index is 0.0296. The normalized spacial score (nSPS) is 13.8. The number of pyridine rings is 1. The summed E-state index contributed by atoms with van der Waals surface area (Å²) in [7, 11) is 1.25. The topological polar surface area (TPSA) is 92.5 Å². The van der Waals surface area contributed by atoms with Gasteiger partial charge >= 0.3 is 12.1 Å². The number of esters is 1. The predicted molar refractivity (Wildman–Crippen MR) is 85.4 cm³/mol. The van der Waals surface area contributed by atoms with Gasteiger partial charge in [-0.2, -0.15) is 5.26 Å². The Labute approximate surface area is 141 Å². The van der Waals surface area contributed by atoms with Crippen LogP contribution in [0.2, 0.25) is 0 Å². The van der Waals surface area contributed by atoms with Gasteiger partial charge < -0.3 is 14.4 Å². The van der Waals surface area contributed by atoms with E-state index >= 15 is 0 Å². The molecule has 24 heavy (non-hydrogen) atoms. The van der Waals surface area contributed by atoms with Crippen molar-refractivity contribution in [2.24, 2.45) is 0 Å². The number of nitrogens with zero attached hydrogens (tertiary/aromatic N) is 3. The standard InChI is InChI=1S/C17H21N3O4/c1-10-13-9-20(16(22)24-17(2,3)4)7-6-11(13)12(8-18)14(19-10)15(21)23-5/h6-7,9H2,1-5H3. The Morgan fingerprint density at radius 3 is 2.50 bits per heavy atom. The molecule has 0 unspecified atom stereocenters. The van der Waals surface area contributed by atoms with Crippen LogP contribution in [0.3, 0.4) is 0 Å². The molecule has 0 saturated heterocycles. The van der Waals surface area contributed by atoms with E-state index in [-0.39, 0.29) is 11.3 Å². The lowest BCUT2D eigenvalue weighted by atomic mass is 9.93. The highest BCUT2D eigenvalue weighted by atomic mass is 16.6. The van der Waals surface area contributed by atoms with E-state index in [0.717, 1.165) is 11.1 Å². The molecule has 7 nitrogen and oxygen atoms in total. The van der Waals surface area contributed by atoms with Crippen molar-refractivity contribution in [3.8, 4) is 6.07 Å². The highest BCUT2D eigenvalue weighted by Crippen LogP contribution is 2.27. The Hall–Kier alpha value is -2.62. The molecule has 1 aromatic heterocycles. The predicted octanol–water partition coefficient (Wildman–Crippen LogP) is 2.34. The highest BCUT2D eigenvalue weighted by Gasteiger charge is 2.30. The van der Waals surface area contributed by atoms with Gasteiger partial charge in [0, 0.05) is 12.2 Å². The van der Waals surface area contributed by atoms with Crippen LogP contribution in [0.25, 0.3) is 0 Å². The molecule has 2 heterocycles. The van der Waals surface area contributed by atoms with Crippen LogP contribution in [0.1, 0.15) is 53.6 Å². The maximum atomic E-state index is 12.3. The molecule has 0 radical (unpaired) electrons. The average molecular weight is 331 g/mol. The molecule has 0 aliphatic carbocycles. The Morgan fingerprint density at radius 1 is 1.29 bits per heavy atom. The third-order valence-corrected chi connectivity index (χ3v) is 3.74. The van der Waals surface area contributed by atoms with Gasteiger partial charge in [-0.25, -0.2) is 14.6 Å². The Bertz CT molecular complexity index is 729. The molecule has 1 aliphatic heterocycles. The summed E-state index contributed by atoms with van der Waals surface area (Å²) in [6.07, 6.45) is 0.0632. The second kappa shape index (κ2) is 6.48. The molecule has 0 atom stereocenters. The summed E-state index contributed by atoms with van der Waals surface area (Å²) < 4.78 is 10.1. The average Bonchev–Trinajstić information content (AvgIpc) is 2.52. The quantitative estimate of drug-likeness (QED) is 0.733. The summed E-state index contributed by atoms with van der Waals surface area (Å²) >= 11 is 0. The Kier molecular flexibility index (Phi) is 4.78. The van der Waals surface area contributed by atoms with E-state index in [2.05, 4.69) is 11.1 Å². The van der Waals surface area contributed by atoms with Gasteiger partial charge in [0.1, 0.15) is 11.7 Å². The van der Waals surface area contributed by atoms with Gasteiger partial charge in [0.15, 0.2) is 5.69 Å². The van der Waals surface area contributed by atoms with E-state index in [4.69, 9.17) is 9.47 Å². The first-order chi connectivity index (χ1) is 11.2. The molecule has 0 aromatic carbocycles. The molecule has 128 valence electrons. The number of carbonyl (C=O) groups is 2. The SMILES string of the molecule is COC(=O)c1nc(C)c2c(c1C#N)CCN(C(=O)OC(C)(C)C)C2. The zero-order valence-electron chi connectivity index (χ0n) is 14.6. The monoisotopic (exact) mass is 331 g/mol. The second-order valence-electron chi connectivity index (χ2n) is 6.63. The molecular weight excluding hydrogens is 310 g/mol. The van der Waals surface area contributed by atoms with E-state index in [0.29, 0.717) is 25.2 Å². The first kappa shape index (κ1) is 17.7.